The summed E-state index contributed by atoms with van der Waals surface area (Å²) < 4.78 is 5.29. The van der Waals surface area contributed by atoms with Gasteiger partial charge in [-0.15, -0.1) is 0 Å². The monoisotopic (exact) mass is 351 g/mol. The van der Waals surface area contributed by atoms with Crippen LogP contribution in [0.15, 0.2) is 91.0 Å². The summed E-state index contributed by atoms with van der Waals surface area (Å²) in [6, 6.07) is 31.1. The number of methoxy groups -OCH3 is 1. The maximum atomic E-state index is 5.29. The summed E-state index contributed by atoms with van der Waals surface area (Å²) in [5.74, 6) is 0.845. The Balaban J connectivity index is 1.93. The van der Waals surface area contributed by atoms with Gasteiger partial charge in [0.25, 0.3) is 0 Å². The SMILES string of the molecule is COc1ccc(-c2cc(-c3ccccc3)c(C)c(-c3ccccc3)n2)cc1. The number of aromatic nitrogens is 1. The molecule has 0 aliphatic rings. The van der Waals surface area contributed by atoms with E-state index in [2.05, 4.69) is 73.7 Å². The summed E-state index contributed by atoms with van der Waals surface area (Å²) in [5.41, 5.74) is 7.76. The average molecular weight is 351 g/mol. The molecule has 0 aliphatic heterocycles. The lowest BCUT2D eigenvalue weighted by Crippen LogP contribution is -1.96. The highest BCUT2D eigenvalue weighted by Crippen LogP contribution is 2.34. The van der Waals surface area contributed by atoms with Crippen molar-refractivity contribution < 1.29 is 4.74 Å². The highest BCUT2D eigenvalue weighted by Gasteiger charge is 2.13. The van der Waals surface area contributed by atoms with Crippen LogP contribution in [-0.4, -0.2) is 12.1 Å². The number of nitrogens with zero attached hydrogens (tertiary/aromatic N) is 1. The smallest absolute Gasteiger partial charge is 0.118 e. The predicted molar refractivity (Wildman–Crippen MR) is 112 cm³/mol. The van der Waals surface area contributed by atoms with Crippen LogP contribution < -0.4 is 4.74 Å². The summed E-state index contributed by atoms with van der Waals surface area (Å²) >= 11 is 0. The van der Waals surface area contributed by atoms with Crippen molar-refractivity contribution in [3.8, 4) is 39.4 Å². The van der Waals surface area contributed by atoms with Gasteiger partial charge in [-0.25, -0.2) is 4.98 Å². The van der Waals surface area contributed by atoms with E-state index >= 15 is 0 Å². The van der Waals surface area contributed by atoms with Crippen LogP contribution in [0.5, 0.6) is 5.75 Å². The quantitative estimate of drug-likeness (QED) is 0.424. The molecule has 0 unspecified atom stereocenters. The van der Waals surface area contributed by atoms with Crippen molar-refractivity contribution in [2.24, 2.45) is 0 Å². The number of pyridine rings is 1. The van der Waals surface area contributed by atoms with Gasteiger partial charge in [0, 0.05) is 11.1 Å². The minimum atomic E-state index is 0.845. The normalized spacial score (nSPS) is 10.6. The zero-order valence-electron chi connectivity index (χ0n) is 15.5. The number of benzene rings is 3. The zero-order valence-corrected chi connectivity index (χ0v) is 15.5. The molecular weight excluding hydrogens is 330 g/mol. The number of rotatable bonds is 4. The van der Waals surface area contributed by atoms with E-state index in [9.17, 15) is 0 Å². The molecule has 3 aromatic carbocycles. The Morgan fingerprint density at radius 3 is 1.85 bits per heavy atom. The predicted octanol–water partition coefficient (Wildman–Crippen LogP) is 6.40. The van der Waals surface area contributed by atoms with Gasteiger partial charge in [-0.3, -0.25) is 0 Å². The van der Waals surface area contributed by atoms with Crippen LogP contribution >= 0.6 is 0 Å². The lowest BCUT2D eigenvalue weighted by Gasteiger charge is -2.15. The molecule has 0 fully saturated rings. The van der Waals surface area contributed by atoms with Crippen LogP contribution in [0, 0.1) is 6.92 Å². The molecule has 0 atom stereocenters. The van der Waals surface area contributed by atoms with Gasteiger partial charge >= 0.3 is 0 Å². The van der Waals surface area contributed by atoms with Crippen LogP contribution in [0.4, 0.5) is 0 Å². The van der Waals surface area contributed by atoms with E-state index in [0.717, 1.165) is 28.3 Å². The maximum Gasteiger partial charge on any atom is 0.118 e. The first-order chi connectivity index (χ1) is 13.3. The molecule has 0 aliphatic carbocycles. The van der Waals surface area contributed by atoms with Crippen LogP contribution in [0.1, 0.15) is 5.56 Å². The highest BCUT2D eigenvalue weighted by molar-refractivity contribution is 5.80. The van der Waals surface area contributed by atoms with Crippen LogP contribution in [0.3, 0.4) is 0 Å². The van der Waals surface area contributed by atoms with Gasteiger partial charge in [0.1, 0.15) is 5.75 Å². The van der Waals surface area contributed by atoms with Crippen molar-refractivity contribution in [1.29, 1.82) is 0 Å². The van der Waals surface area contributed by atoms with E-state index in [4.69, 9.17) is 9.72 Å². The van der Waals surface area contributed by atoms with Crippen LogP contribution in [0.2, 0.25) is 0 Å². The molecule has 1 heterocycles. The summed E-state index contributed by atoms with van der Waals surface area (Å²) in [4.78, 5) is 5.01. The second kappa shape index (κ2) is 7.46. The van der Waals surface area contributed by atoms with E-state index < -0.39 is 0 Å². The first-order valence-corrected chi connectivity index (χ1v) is 9.03. The topological polar surface area (TPSA) is 22.1 Å². The first kappa shape index (κ1) is 17.0. The molecule has 0 spiro atoms. The lowest BCUT2D eigenvalue weighted by atomic mass is 9.94. The molecule has 27 heavy (non-hydrogen) atoms. The molecule has 0 radical (unpaired) electrons. The summed E-state index contributed by atoms with van der Waals surface area (Å²) in [6.07, 6.45) is 0. The fourth-order valence-corrected chi connectivity index (χ4v) is 3.31. The van der Waals surface area contributed by atoms with Gasteiger partial charge in [0.05, 0.1) is 18.5 Å². The Hall–Kier alpha value is -3.39. The molecule has 132 valence electrons. The second-order valence-corrected chi connectivity index (χ2v) is 6.49. The lowest BCUT2D eigenvalue weighted by molar-refractivity contribution is 0.415. The summed E-state index contributed by atoms with van der Waals surface area (Å²) in [6.45, 7) is 2.15. The average Bonchev–Trinajstić information content (AvgIpc) is 2.75. The Morgan fingerprint density at radius 2 is 1.26 bits per heavy atom. The molecule has 4 rings (SSSR count). The van der Waals surface area contributed by atoms with E-state index in [1.165, 1.54) is 16.7 Å². The maximum absolute atomic E-state index is 5.29. The van der Waals surface area contributed by atoms with Crippen molar-refractivity contribution in [3.05, 3.63) is 96.6 Å². The van der Waals surface area contributed by atoms with Gasteiger partial charge in [0.15, 0.2) is 0 Å². The molecule has 0 amide bonds. The third kappa shape index (κ3) is 3.47. The van der Waals surface area contributed by atoms with E-state index in [0.29, 0.717) is 0 Å². The largest absolute Gasteiger partial charge is 0.497 e. The molecule has 2 heteroatoms. The van der Waals surface area contributed by atoms with Crippen molar-refractivity contribution in [1.82, 2.24) is 4.98 Å². The van der Waals surface area contributed by atoms with E-state index in [-0.39, 0.29) is 0 Å². The Kier molecular flexibility index (Phi) is 4.71. The molecule has 0 N–H and O–H groups in total. The molecular formula is C25H21NO. The first-order valence-electron chi connectivity index (χ1n) is 9.03. The molecule has 1 aromatic heterocycles. The number of hydrogen-bond acceptors (Lipinski definition) is 2. The van der Waals surface area contributed by atoms with Crippen molar-refractivity contribution >= 4 is 0 Å². The summed E-state index contributed by atoms with van der Waals surface area (Å²) in [5, 5.41) is 0. The van der Waals surface area contributed by atoms with Crippen LogP contribution in [-0.2, 0) is 0 Å². The van der Waals surface area contributed by atoms with Gasteiger partial charge < -0.3 is 4.74 Å². The second-order valence-electron chi connectivity index (χ2n) is 6.49. The van der Waals surface area contributed by atoms with E-state index in [1.807, 2.05) is 24.3 Å². The van der Waals surface area contributed by atoms with Gasteiger partial charge in [0.2, 0.25) is 0 Å². The highest BCUT2D eigenvalue weighted by atomic mass is 16.5. The number of ether oxygens (including phenoxy) is 1. The van der Waals surface area contributed by atoms with Gasteiger partial charge in [-0.2, -0.15) is 0 Å². The van der Waals surface area contributed by atoms with E-state index in [1.54, 1.807) is 7.11 Å². The van der Waals surface area contributed by atoms with Crippen molar-refractivity contribution in [3.63, 3.8) is 0 Å². The Morgan fingerprint density at radius 1 is 0.667 bits per heavy atom. The Bertz CT molecular complexity index is 978. The van der Waals surface area contributed by atoms with Gasteiger partial charge in [-0.05, 0) is 53.9 Å². The van der Waals surface area contributed by atoms with Gasteiger partial charge in [-0.1, -0.05) is 60.7 Å². The molecule has 0 saturated carbocycles. The third-order valence-corrected chi connectivity index (χ3v) is 4.79. The molecule has 0 saturated heterocycles. The molecule has 4 aromatic rings. The van der Waals surface area contributed by atoms with Crippen molar-refractivity contribution in [2.45, 2.75) is 6.92 Å². The standard InChI is InChI=1S/C25H21NO/c1-18-23(19-9-5-3-6-10-19)17-24(20-13-15-22(27-2)16-14-20)26-25(18)21-11-7-4-8-12-21/h3-17H,1-2H3. The summed E-state index contributed by atoms with van der Waals surface area (Å²) in [7, 11) is 1.68. The minimum Gasteiger partial charge on any atom is -0.497 e. The minimum absolute atomic E-state index is 0.845. The third-order valence-electron chi connectivity index (χ3n) is 4.79. The van der Waals surface area contributed by atoms with Crippen LogP contribution in [0.25, 0.3) is 33.6 Å². The Labute approximate surface area is 160 Å². The number of hydrogen-bond donors (Lipinski definition) is 0. The fourth-order valence-electron chi connectivity index (χ4n) is 3.31. The molecule has 0 bridgehead atoms. The zero-order chi connectivity index (χ0) is 18.6. The van der Waals surface area contributed by atoms with Crippen molar-refractivity contribution in [2.75, 3.05) is 7.11 Å². The fraction of sp³-hybridized carbons (Fsp3) is 0.0800. The molecule has 2 nitrogen and oxygen atoms in total.